The Balaban J connectivity index is 1.35. The Morgan fingerprint density at radius 1 is 0.818 bits per heavy atom. The maximum Gasteiger partial charge on any atom is 0.241 e. The van der Waals surface area contributed by atoms with Crippen LogP contribution in [0.5, 0.6) is 5.75 Å². The third-order valence-corrected chi connectivity index (χ3v) is 7.21. The number of piperidine rings is 1. The van der Waals surface area contributed by atoms with E-state index in [9.17, 15) is 15.5 Å². The molecule has 222 valence electrons. The molecule has 0 radical (unpaired) electrons. The van der Waals surface area contributed by atoms with Gasteiger partial charge in [-0.15, -0.1) is 0 Å². The van der Waals surface area contributed by atoms with Crippen molar-refractivity contribution in [1.82, 2.24) is 15.0 Å². The standard InChI is InChI=1S/C33H32N8O3/c42-30-18-17-29(41(43)44)21-24(30)23-34-25-11-10-12-26(22-25)35-31-36-32(39-19-8-3-9-20-39)38-33(37-31)40(27-13-4-1-5-14-27)28-15-6-2-7-16-28/h1-2,4-7,10-18,21-23,41-43H,3,8-9,19-20H2,(H,35,36,37,38). The summed E-state index contributed by atoms with van der Waals surface area (Å²) < 4.78 is 0. The summed E-state index contributed by atoms with van der Waals surface area (Å²) in [7, 11) is 0. The number of benzene rings is 4. The Kier molecular flexibility index (Phi) is 8.69. The molecule has 1 aliphatic rings. The van der Waals surface area contributed by atoms with Crippen LogP contribution in [0.25, 0.3) is 0 Å². The van der Waals surface area contributed by atoms with Gasteiger partial charge in [-0.05, 0) is 67.8 Å². The molecule has 11 nitrogen and oxygen atoms in total. The third-order valence-electron chi connectivity index (χ3n) is 7.21. The van der Waals surface area contributed by atoms with Crippen molar-refractivity contribution in [2.45, 2.75) is 19.3 Å². The highest BCUT2D eigenvalue weighted by Gasteiger charge is 2.21. The molecule has 11 heteroatoms. The molecule has 0 aliphatic carbocycles. The lowest BCUT2D eigenvalue weighted by Gasteiger charge is -2.29. The molecular weight excluding hydrogens is 556 g/mol. The minimum Gasteiger partial charge on any atom is -0.595 e. The van der Waals surface area contributed by atoms with Crippen LogP contribution >= 0.6 is 0 Å². The monoisotopic (exact) mass is 588 g/mol. The summed E-state index contributed by atoms with van der Waals surface area (Å²) in [4.78, 5) is 23.3. The molecule has 1 aromatic heterocycles. The zero-order valence-electron chi connectivity index (χ0n) is 23.9. The minimum absolute atomic E-state index is 0.0580. The maximum atomic E-state index is 11.4. The van der Waals surface area contributed by atoms with E-state index in [1.54, 1.807) is 0 Å². The molecule has 1 saturated heterocycles. The normalized spacial score (nSPS) is 14.0. The van der Waals surface area contributed by atoms with E-state index in [4.69, 9.17) is 15.0 Å². The van der Waals surface area contributed by atoms with Crippen molar-refractivity contribution in [3.05, 3.63) is 114 Å². The van der Waals surface area contributed by atoms with Crippen molar-refractivity contribution in [2.75, 3.05) is 28.2 Å². The average Bonchev–Trinajstić information content (AvgIpc) is 3.06. The van der Waals surface area contributed by atoms with Crippen LogP contribution in [0.3, 0.4) is 0 Å². The number of aliphatic imine (C=N–C) groups is 1. The summed E-state index contributed by atoms with van der Waals surface area (Å²) >= 11 is 0. The van der Waals surface area contributed by atoms with Gasteiger partial charge in [-0.1, -0.05) is 42.5 Å². The summed E-state index contributed by atoms with van der Waals surface area (Å²) in [5, 5.41) is 33.1. The molecule has 0 amide bonds. The fraction of sp³-hybridized carbons (Fsp3) is 0.152. The summed E-state index contributed by atoms with van der Waals surface area (Å²) in [6, 6.07) is 31.4. The van der Waals surface area contributed by atoms with Gasteiger partial charge in [0.25, 0.3) is 0 Å². The number of aromatic nitrogens is 3. The lowest BCUT2D eigenvalue weighted by atomic mass is 10.1. The fourth-order valence-corrected chi connectivity index (χ4v) is 5.01. The van der Waals surface area contributed by atoms with E-state index < -0.39 is 5.23 Å². The predicted molar refractivity (Wildman–Crippen MR) is 171 cm³/mol. The highest BCUT2D eigenvalue weighted by molar-refractivity contribution is 5.86. The van der Waals surface area contributed by atoms with Crippen LogP contribution in [0.4, 0.5) is 46.3 Å². The van der Waals surface area contributed by atoms with Crippen LogP contribution in [0, 0.1) is 5.21 Å². The van der Waals surface area contributed by atoms with Crippen LogP contribution in [0.1, 0.15) is 24.8 Å². The largest absolute Gasteiger partial charge is 0.595 e. The molecule has 0 saturated carbocycles. The number of aromatic hydroxyl groups is 1. The second kappa shape index (κ2) is 13.3. The summed E-state index contributed by atoms with van der Waals surface area (Å²) in [6.07, 6.45) is 4.78. The number of nitrogens with one attached hydrogen (secondary N) is 2. The number of para-hydroxylation sites is 2. The molecule has 1 aliphatic heterocycles. The molecule has 5 aromatic rings. The number of anilines is 6. The number of phenolic OH excluding ortho intramolecular Hbond substituents is 1. The molecule has 2 heterocycles. The fourth-order valence-electron chi connectivity index (χ4n) is 5.01. The summed E-state index contributed by atoms with van der Waals surface area (Å²) in [5.41, 5.74) is 3.51. The maximum absolute atomic E-state index is 11.4. The smallest absolute Gasteiger partial charge is 0.241 e. The van der Waals surface area contributed by atoms with E-state index in [1.165, 1.54) is 30.8 Å². The second-order valence-corrected chi connectivity index (χ2v) is 10.3. The van der Waals surface area contributed by atoms with Gasteiger partial charge in [0.2, 0.25) is 17.8 Å². The Labute approximate surface area is 255 Å². The van der Waals surface area contributed by atoms with Crippen LogP contribution in [0.2, 0.25) is 0 Å². The molecule has 1 atom stereocenters. The van der Waals surface area contributed by atoms with E-state index in [2.05, 4.69) is 15.2 Å². The van der Waals surface area contributed by atoms with Crippen LogP contribution < -0.4 is 20.3 Å². The van der Waals surface area contributed by atoms with E-state index in [0.717, 1.165) is 37.3 Å². The molecule has 4 N–H and O–H groups in total. The van der Waals surface area contributed by atoms with E-state index in [1.807, 2.05) is 89.8 Å². The molecule has 0 spiro atoms. The van der Waals surface area contributed by atoms with Gasteiger partial charge in [0.15, 0.2) is 5.69 Å². The number of rotatable bonds is 9. The number of hydrogen-bond acceptors (Lipinski definition) is 10. The minimum atomic E-state index is -1.08. The quantitative estimate of drug-likeness (QED) is 0.0937. The van der Waals surface area contributed by atoms with E-state index >= 15 is 0 Å². The van der Waals surface area contributed by atoms with Gasteiger partial charge in [0.1, 0.15) is 5.75 Å². The van der Waals surface area contributed by atoms with Crippen LogP contribution in [-0.2, 0) is 0 Å². The topological polar surface area (TPSA) is 138 Å². The van der Waals surface area contributed by atoms with Crippen molar-refractivity contribution in [3.8, 4) is 5.75 Å². The summed E-state index contributed by atoms with van der Waals surface area (Å²) in [6.45, 7) is 1.75. The second-order valence-electron chi connectivity index (χ2n) is 10.3. The Morgan fingerprint density at radius 2 is 1.52 bits per heavy atom. The first-order valence-electron chi connectivity index (χ1n) is 14.4. The van der Waals surface area contributed by atoms with Crippen molar-refractivity contribution >= 4 is 52.5 Å². The van der Waals surface area contributed by atoms with Gasteiger partial charge >= 0.3 is 0 Å². The van der Waals surface area contributed by atoms with Gasteiger partial charge in [-0.25, -0.2) is 5.21 Å². The van der Waals surface area contributed by atoms with Gasteiger partial charge in [-0.2, -0.15) is 20.2 Å². The number of phenols is 1. The SMILES string of the molecule is [O-][NH+](O)c1ccc(O)c(C=Nc2cccc(Nc3nc(N4CCCCC4)nc(N(c4ccccc4)c4ccccc4)n3)c2)c1. The Morgan fingerprint density at radius 3 is 2.20 bits per heavy atom. The van der Waals surface area contributed by atoms with Crippen molar-refractivity contribution in [3.63, 3.8) is 0 Å². The first-order chi connectivity index (χ1) is 21.5. The Hall–Kier alpha value is -5.36. The molecule has 1 unspecified atom stereocenters. The highest BCUT2D eigenvalue weighted by atomic mass is 16.8. The van der Waals surface area contributed by atoms with Gasteiger partial charge < -0.3 is 20.5 Å². The molecule has 6 rings (SSSR count). The molecular formula is C33H32N8O3. The third kappa shape index (κ3) is 6.81. The van der Waals surface area contributed by atoms with E-state index in [0.29, 0.717) is 34.8 Å². The number of quaternary nitrogens is 1. The first kappa shape index (κ1) is 28.7. The van der Waals surface area contributed by atoms with Crippen molar-refractivity contribution in [2.24, 2.45) is 4.99 Å². The highest BCUT2D eigenvalue weighted by Crippen LogP contribution is 2.34. The lowest BCUT2D eigenvalue weighted by molar-refractivity contribution is -0.991. The van der Waals surface area contributed by atoms with Gasteiger partial charge in [0.05, 0.1) is 5.69 Å². The molecule has 1 fully saturated rings. The van der Waals surface area contributed by atoms with E-state index in [-0.39, 0.29) is 11.4 Å². The number of nitrogens with zero attached hydrogens (tertiary/aromatic N) is 6. The van der Waals surface area contributed by atoms with Crippen molar-refractivity contribution < 1.29 is 15.5 Å². The zero-order chi connectivity index (χ0) is 30.3. The van der Waals surface area contributed by atoms with Crippen LogP contribution in [0.15, 0.2) is 108 Å². The van der Waals surface area contributed by atoms with Crippen molar-refractivity contribution in [1.29, 1.82) is 0 Å². The molecule has 4 aromatic carbocycles. The first-order valence-corrected chi connectivity index (χ1v) is 14.4. The average molecular weight is 589 g/mol. The molecule has 44 heavy (non-hydrogen) atoms. The lowest BCUT2D eigenvalue weighted by Crippen LogP contribution is -2.99. The molecule has 0 bridgehead atoms. The van der Waals surface area contributed by atoms with Gasteiger partial charge in [-0.3, -0.25) is 9.89 Å². The Bertz CT molecular complexity index is 1690. The van der Waals surface area contributed by atoms with Gasteiger partial charge in [0, 0.05) is 54.1 Å². The number of hydrogen-bond donors (Lipinski definition) is 4. The predicted octanol–water partition coefficient (Wildman–Crippen LogP) is 5.93. The zero-order valence-corrected chi connectivity index (χ0v) is 23.9. The van der Waals surface area contributed by atoms with Crippen LogP contribution in [-0.4, -0.2) is 44.6 Å². The summed E-state index contributed by atoms with van der Waals surface area (Å²) in [5.74, 6) is 1.43.